The van der Waals surface area contributed by atoms with E-state index in [1.807, 2.05) is 79.7 Å². The summed E-state index contributed by atoms with van der Waals surface area (Å²) in [6.45, 7) is 4.37. The molecule has 0 fully saturated rings. The molecule has 4 rings (SSSR count). The van der Waals surface area contributed by atoms with Gasteiger partial charge in [-0.1, -0.05) is 65.8 Å². The van der Waals surface area contributed by atoms with Crippen LogP contribution in [0.2, 0.25) is 0 Å². The number of oxazole rings is 1. The number of hydrogen-bond acceptors (Lipinski definition) is 7. The summed E-state index contributed by atoms with van der Waals surface area (Å²) >= 11 is 0. The summed E-state index contributed by atoms with van der Waals surface area (Å²) in [6, 6.07) is 26.3. The Labute approximate surface area is 204 Å². The van der Waals surface area contributed by atoms with Crippen LogP contribution in [-0.4, -0.2) is 23.3 Å². The molecule has 0 atom stereocenters. The van der Waals surface area contributed by atoms with Crippen LogP contribution in [0.1, 0.15) is 29.5 Å². The summed E-state index contributed by atoms with van der Waals surface area (Å²) in [5.74, 6) is 1.47. The van der Waals surface area contributed by atoms with E-state index >= 15 is 0 Å². The molecule has 35 heavy (non-hydrogen) atoms. The standard InChI is InChI=1S/C28H26N2O5/c1-3-32-28(31)26(22-10-6-4-7-11-22)30-34-18-21-14-16-24(17-15-21)33-19-25-20(2)35-27(29-25)23-12-8-5-9-13-23/h4-17H,3,18-19H2,1-2H3/b30-26-. The van der Waals surface area contributed by atoms with E-state index in [0.717, 1.165) is 22.6 Å². The lowest BCUT2D eigenvalue weighted by atomic mass is 10.1. The molecule has 0 aliphatic carbocycles. The number of carbonyl (C=O) groups is 1. The van der Waals surface area contributed by atoms with E-state index in [2.05, 4.69) is 10.1 Å². The summed E-state index contributed by atoms with van der Waals surface area (Å²) in [5, 5.41) is 4.04. The Morgan fingerprint density at radius 2 is 1.60 bits per heavy atom. The molecule has 7 heteroatoms. The first-order chi connectivity index (χ1) is 17.1. The van der Waals surface area contributed by atoms with Gasteiger partial charge in [0.25, 0.3) is 0 Å². The third kappa shape index (κ3) is 6.35. The van der Waals surface area contributed by atoms with E-state index < -0.39 is 5.97 Å². The van der Waals surface area contributed by atoms with Crippen molar-refractivity contribution >= 4 is 11.7 Å². The molecule has 1 heterocycles. The smallest absolute Gasteiger partial charge is 0.361 e. The zero-order valence-corrected chi connectivity index (χ0v) is 19.6. The van der Waals surface area contributed by atoms with Crippen LogP contribution in [0, 0.1) is 6.92 Å². The maximum absolute atomic E-state index is 12.3. The number of aryl methyl sites for hydroxylation is 1. The van der Waals surface area contributed by atoms with Crippen LogP contribution in [0.3, 0.4) is 0 Å². The van der Waals surface area contributed by atoms with Crippen molar-refractivity contribution in [1.82, 2.24) is 4.98 Å². The van der Waals surface area contributed by atoms with Crippen molar-refractivity contribution in [1.29, 1.82) is 0 Å². The fourth-order valence-electron chi connectivity index (χ4n) is 3.27. The van der Waals surface area contributed by atoms with Crippen molar-refractivity contribution < 1.29 is 23.5 Å². The number of oxime groups is 1. The summed E-state index contributed by atoms with van der Waals surface area (Å²) < 4.78 is 16.8. The Bertz CT molecular complexity index is 1270. The molecular formula is C28H26N2O5. The SMILES string of the molecule is CCOC(=O)/C(=N\OCc1ccc(OCc2nc(-c3ccccc3)oc2C)cc1)c1ccccc1. The average molecular weight is 471 g/mol. The fraction of sp³-hybridized carbons (Fsp3) is 0.179. The van der Waals surface area contributed by atoms with Gasteiger partial charge in [0.05, 0.1) is 6.61 Å². The molecule has 1 aromatic heterocycles. The van der Waals surface area contributed by atoms with Gasteiger partial charge >= 0.3 is 5.97 Å². The molecule has 7 nitrogen and oxygen atoms in total. The number of nitrogens with zero attached hydrogens (tertiary/aromatic N) is 2. The molecule has 0 aliphatic heterocycles. The second-order valence-electron chi connectivity index (χ2n) is 7.62. The Hall–Kier alpha value is -4.39. The van der Waals surface area contributed by atoms with Gasteiger partial charge in [0.15, 0.2) is 5.71 Å². The quantitative estimate of drug-likeness (QED) is 0.168. The lowest BCUT2D eigenvalue weighted by Crippen LogP contribution is -2.19. The molecular weight excluding hydrogens is 444 g/mol. The Morgan fingerprint density at radius 3 is 2.29 bits per heavy atom. The van der Waals surface area contributed by atoms with Crippen molar-refractivity contribution in [2.45, 2.75) is 27.1 Å². The first-order valence-corrected chi connectivity index (χ1v) is 11.3. The van der Waals surface area contributed by atoms with Crippen molar-refractivity contribution in [3.8, 4) is 17.2 Å². The van der Waals surface area contributed by atoms with Crippen LogP contribution in [-0.2, 0) is 27.6 Å². The van der Waals surface area contributed by atoms with Gasteiger partial charge in [0, 0.05) is 11.1 Å². The average Bonchev–Trinajstić information content (AvgIpc) is 3.27. The van der Waals surface area contributed by atoms with Crippen LogP contribution in [0.15, 0.2) is 94.5 Å². The van der Waals surface area contributed by atoms with Crippen LogP contribution in [0.5, 0.6) is 5.75 Å². The molecule has 0 aliphatic rings. The Morgan fingerprint density at radius 1 is 0.914 bits per heavy atom. The predicted octanol–water partition coefficient (Wildman–Crippen LogP) is 5.71. The zero-order chi connectivity index (χ0) is 24.5. The highest BCUT2D eigenvalue weighted by Crippen LogP contribution is 2.23. The molecule has 178 valence electrons. The number of carbonyl (C=O) groups excluding carboxylic acids is 1. The third-order valence-electron chi connectivity index (χ3n) is 5.12. The topological polar surface area (TPSA) is 83.2 Å². The summed E-state index contributed by atoms with van der Waals surface area (Å²) in [7, 11) is 0. The highest BCUT2D eigenvalue weighted by atomic mass is 16.6. The molecule has 0 saturated carbocycles. The fourth-order valence-corrected chi connectivity index (χ4v) is 3.27. The van der Waals surface area contributed by atoms with Crippen LogP contribution < -0.4 is 4.74 Å². The van der Waals surface area contributed by atoms with Crippen molar-refractivity contribution in [2.24, 2.45) is 5.16 Å². The van der Waals surface area contributed by atoms with Gasteiger partial charge in [0.1, 0.15) is 30.4 Å². The summed E-state index contributed by atoms with van der Waals surface area (Å²) in [4.78, 5) is 22.3. The lowest BCUT2D eigenvalue weighted by Gasteiger charge is -2.08. The highest BCUT2D eigenvalue weighted by molar-refractivity contribution is 6.43. The monoisotopic (exact) mass is 470 g/mol. The molecule has 3 aromatic carbocycles. The minimum Gasteiger partial charge on any atom is -0.487 e. The molecule has 0 saturated heterocycles. The van der Waals surface area contributed by atoms with Gasteiger partial charge in [-0.15, -0.1) is 0 Å². The largest absolute Gasteiger partial charge is 0.487 e. The van der Waals surface area contributed by atoms with Gasteiger partial charge < -0.3 is 18.7 Å². The summed E-state index contributed by atoms with van der Waals surface area (Å²) in [5.41, 5.74) is 3.31. The van der Waals surface area contributed by atoms with Crippen molar-refractivity contribution in [3.63, 3.8) is 0 Å². The number of ether oxygens (including phenoxy) is 2. The van der Waals surface area contributed by atoms with Gasteiger partial charge in [-0.3, -0.25) is 0 Å². The Balaban J connectivity index is 1.34. The maximum Gasteiger partial charge on any atom is 0.361 e. The van der Waals surface area contributed by atoms with Crippen molar-refractivity contribution in [3.05, 3.63) is 108 Å². The van der Waals surface area contributed by atoms with Crippen LogP contribution >= 0.6 is 0 Å². The summed E-state index contributed by atoms with van der Waals surface area (Å²) in [6.07, 6.45) is 0. The molecule has 0 spiro atoms. The third-order valence-corrected chi connectivity index (χ3v) is 5.12. The number of rotatable bonds is 10. The molecule has 0 radical (unpaired) electrons. The molecule has 0 amide bonds. The Kier molecular flexibility index (Phi) is 7.91. The first kappa shape index (κ1) is 23.8. The van der Waals surface area contributed by atoms with Crippen LogP contribution in [0.25, 0.3) is 11.5 Å². The minimum absolute atomic E-state index is 0.130. The van der Waals surface area contributed by atoms with Gasteiger partial charge in [0.2, 0.25) is 5.89 Å². The van der Waals surface area contributed by atoms with Crippen LogP contribution in [0.4, 0.5) is 0 Å². The lowest BCUT2D eigenvalue weighted by molar-refractivity contribution is -0.135. The number of esters is 1. The second-order valence-corrected chi connectivity index (χ2v) is 7.62. The van der Waals surface area contributed by atoms with Crippen molar-refractivity contribution in [2.75, 3.05) is 6.61 Å². The molecule has 0 bridgehead atoms. The van der Waals surface area contributed by atoms with E-state index in [-0.39, 0.29) is 18.9 Å². The van der Waals surface area contributed by atoms with Gasteiger partial charge in [-0.2, -0.15) is 0 Å². The maximum atomic E-state index is 12.3. The molecule has 4 aromatic rings. The molecule has 0 N–H and O–H groups in total. The number of aromatic nitrogens is 1. The first-order valence-electron chi connectivity index (χ1n) is 11.3. The van der Waals surface area contributed by atoms with E-state index in [9.17, 15) is 4.79 Å². The second kappa shape index (κ2) is 11.7. The van der Waals surface area contributed by atoms with Gasteiger partial charge in [-0.05, 0) is 43.7 Å². The van der Waals surface area contributed by atoms with E-state index in [1.54, 1.807) is 19.1 Å². The van der Waals surface area contributed by atoms with Gasteiger partial charge in [-0.25, -0.2) is 9.78 Å². The highest BCUT2D eigenvalue weighted by Gasteiger charge is 2.16. The number of benzene rings is 3. The normalized spacial score (nSPS) is 11.2. The number of hydrogen-bond donors (Lipinski definition) is 0. The zero-order valence-electron chi connectivity index (χ0n) is 19.6. The minimum atomic E-state index is -0.527. The predicted molar refractivity (Wildman–Crippen MR) is 132 cm³/mol. The van der Waals surface area contributed by atoms with E-state index in [0.29, 0.717) is 23.8 Å². The van der Waals surface area contributed by atoms with E-state index in [1.165, 1.54) is 0 Å². The van der Waals surface area contributed by atoms with E-state index in [4.69, 9.17) is 18.7 Å². The molecule has 0 unspecified atom stereocenters.